The van der Waals surface area contributed by atoms with Crippen LogP contribution in [0.4, 0.5) is 10.1 Å². The zero-order valence-corrected chi connectivity index (χ0v) is 14.3. The highest BCUT2D eigenvalue weighted by molar-refractivity contribution is 7.92. The topological polar surface area (TPSA) is 76.9 Å². The number of sulfonamides is 1. The zero-order valence-electron chi connectivity index (χ0n) is 13.5. The maximum atomic E-state index is 13.2. The van der Waals surface area contributed by atoms with Crippen molar-refractivity contribution in [2.75, 3.05) is 4.72 Å². The largest absolute Gasteiger partial charge is 0.278 e. The van der Waals surface area contributed by atoms with Crippen LogP contribution in [0, 0.1) is 12.7 Å². The molecule has 2 heterocycles. The van der Waals surface area contributed by atoms with Crippen LogP contribution in [-0.4, -0.2) is 23.2 Å². The fraction of sp³-hybridized carbons (Fsp3) is 0.250. The Hall–Kier alpha value is -2.48. The highest BCUT2D eigenvalue weighted by Crippen LogP contribution is 2.23. The summed E-state index contributed by atoms with van der Waals surface area (Å²) in [6.07, 6.45) is 3.09. The maximum Gasteiger partial charge on any atom is 0.262 e. The van der Waals surface area contributed by atoms with Crippen molar-refractivity contribution in [1.82, 2.24) is 14.8 Å². The predicted octanol–water partition coefficient (Wildman–Crippen LogP) is 3.26. The van der Waals surface area contributed by atoms with E-state index in [1.807, 2.05) is 13.8 Å². The predicted molar refractivity (Wildman–Crippen MR) is 89.9 cm³/mol. The minimum absolute atomic E-state index is 0.0295. The SMILES string of the molecule is Cc1cc(F)ccc1S(=O)(=O)Nc1cnc2c(cnn2C(C)C)c1. The minimum atomic E-state index is -3.82. The van der Waals surface area contributed by atoms with Crippen molar-refractivity contribution in [3.63, 3.8) is 0 Å². The van der Waals surface area contributed by atoms with Crippen LogP contribution in [0.3, 0.4) is 0 Å². The van der Waals surface area contributed by atoms with Crippen LogP contribution in [0.25, 0.3) is 11.0 Å². The Balaban J connectivity index is 1.96. The van der Waals surface area contributed by atoms with Crippen molar-refractivity contribution in [2.24, 2.45) is 0 Å². The number of pyridine rings is 1. The lowest BCUT2D eigenvalue weighted by atomic mass is 10.2. The molecule has 0 radical (unpaired) electrons. The number of halogens is 1. The number of rotatable bonds is 4. The average molecular weight is 348 g/mol. The highest BCUT2D eigenvalue weighted by Gasteiger charge is 2.18. The number of anilines is 1. The van der Waals surface area contributed by atoms with Crippen molar-refractivity contribution < 1.29 is 12.8 Å². The van der Waals surface area contributed by atoms with Gasteiger partial charge < -0.3 is 0 Å². The molecule has 3 aromatic rings. The molecule has 0 aliphatic heterocycles. The summed E-state index contributed by atoms with van der Waals surface area (Å²) in [5.41, 5.74) is 1.35. The first-order valence-corrected chi connectivity index (χ1v) is 8.88. The summed E-state index contributed by atoms with van der Waals surface area (Å²) >= 11 is 0. The Labute approximate surface area is 139 Å². The van der Waals surface area contributed by atoms with Crippen molar-refractivity contribution in [3.05, 3.63) is 48.0 Å². The Bertz CT molecular complexity index is 1010. The van der Waals surface area contributed by atoms with Gasteiger partial charge in [0.2, 0.25) is 0 Å². The lowest BCUT2D eigenvalue weighted by Crippen LogP contribution is -2.14. The molecule has 0 bridgehead atoms. The van der Waals surface area contributed by atoms with Crippen LogP contribution in [0.5, 0.6) is 0 Å². The summed E-state index contributed by atoms with van der Waals surface area (Å²) in [7, 11) is -3.82. The van der Waals surface area contributed by atoms with Crippen LogP contribution < -0.4 is 4.72 Å². The highest BCUT2D eigenvalue weighted by atomic mass is 32.2. The van der Waals surface area contributed by atoms with Gasteiger partial charge in [-0.25, -0.2) is 22.5 Å². The lowest BCUT2D eigenvalue weighted by molar-refractivity contribution is 0.546. The molecule has 6 nitrogen and oxygen atoms in total. The van der Waals surface area contributed by atoms with E-state index in [1.165, 1.54) is 18.3 Å². The molecular weight excluding hydrogens is 331 g/mol. The Morgan fingerprint density at radius 1 is 1.21 bits per heavy atom. The molecule has 0 amide bonds. The van der Waals surface area contributed by atoms with Gasteiger partial charge in [-0.2, -0.15) is 5.10 Å². The quantitative estimate of drug-likeness (QED) is 0.785. The number of nitrogens with one attached hydrogen (secondary N) is 1. The third kappa shape index (κ3) is 2.96. The number of hydrogen-bond donors (Lipinski definition) is 1. The van der Waals surface area contributed by atoms with Crippen LogP contribution >= 0.6 is 0 Å². The van der Waals surface area contributed by atoms with E-state index in [-0.39, 0.29) is 10.9 Å². The van der Waals surface area contributed by atoms with Gasteiger partial charge in [0.05, 0.1) is 23.0 Å². The van der Waals surface area contributed by atoms with Crippen LogP contribution in [-0.2, 0) is 10.0 Å². The van der Waals surface area contributed by atoms with Gasteiger partial charge in [-0.15, -0.1) is 0 Å². The molecule has 0 aliphatic carbocycles. The third-order valence-corrected chi connectivity index (χ3v) is 5.14. The third-order valence-electron chi connectivity index (χ3n) is 3.60. The van der Waals surface area contributed by atoms with Gasteiger partial charge in [0.15, 0.2) is 5.65 Å². The average Bonchev–Trinajstić information content (AvgIpc) is 2.89. The molecular formula is C16H17FN4O2S. The number of hydrogen-bond acceptors (Lipinski definition) is 4. The second-order valence-electron chi connectivity index (χ2n) is 5.84. The number of aryl methyl sites for hydroxylation is 1. The summed E-state index contributed by atoms with van der Waals surface area (Å²) in [6.45, 7) is 5.52. The van der Waals surface area contributed by atoms with E-state index in [4.69, 9.17) is 0 Å². The molecule has 0 fully saturated rings. The van der Waals surface area contributed by atoms with Crippen molar-refractivity contribution in [2.45, 2.75) is 31.7 Å². The van der Waals surface area contributed by atoms with E-state index < -0.39 is 15.8 Å². The van der Waals surface area contributed by atoms with Gasteiger partial charge in [-0.05, 0) is 50.6 Å². The Morgan fingerprint density at radius 3 is 2.62 bits per heavy atom. The molecule has 0 aliphatic rings. The van der Waals surface area contributed by atoms with E-state index in [2.05, 4.69) is 14.8 Å². The van der Waals surface area contributed by atoms with Crippen molar-refractivity contribution in [3.8, 4) is 0 Å². The van der Waals surface area contributed by atoms with E-state index in [1.54, 1.807) is 23.9 Å². The van der Waals surface area contributed by atoms with Crippen molar-refractivity contribution in [1.29, 1.82) is 0 Å². The van der Waals surface area contributed by atoms with E-state index in [9.17, 15) is 12.8 Å². The number of fused-ring (bicyclic) bond motifs is 1. The van der Waals surface area contributed by atoms with Gasteiger partial charge >= 0.3 is 0 Å². The smallest absolute Gasteiger partial charge is 0.262 e. The molecule has 0 atom stereocenters. The number of benzene rings is 1. The van der Waals surface area contributed by atoms with Gasteiger partial charge in [-0.1, -0.05) is 0 Å². The molecule has 3 rings (SSSR count). The molecule has 8 heteroatoms. The van der Waals surface area contributed by atoms with Gasteiger partial charge in [-0.3, -0.25) is 4.72 Å². The normalized spacial score (nSPS) is 12.0. The maximum absolute atomic E-state index is 13.2. The minimum Gasteiger partial charge on any atom is -0.278 e. The van der Waals surface area contributed by atoms with Gasteiger partial charge in [0.25, 0.3) is 10.0 Å². The molecule has 0 saturated heterocycles. The summed E-state index contributed by atoms with van der Waals surface area (Å²) in [5.74, 6) is -0.476. The fourth-order valence-electron chi connectivity index (χ4n) is 2.50. The molecule has 1 N–H and O–H groups in total. The van der Waals surface area contributed by atoms with E-state index >= 15 is 0 Å². The van der Waals surface area contributed by atoms with Crippen LogP contribution in [0.1, 0.15) is 25.5 Å². The van der Waals surface area contributed by atoms with E-state index in [0.717, 1.165) is 11.5 Å². The molecule has 1 aromatic carbocycles. The second-order valence-corrected chi connectivity index (χ2v) is 7.49. The van der Waals surface area contributed by atoms with E-state index in [0.29, 0.717) is 16.9 Å². The number of nitrogens with zero attached hydrogens (tertiary/aromatic N) is 3. The first kappa shape index (κ1) is 16.4. The second kappa shape index (κ2) is 5.86. The molecule has 126 valence electrons. The van der Waals surface area contributed by atoms with Crippen molar-refractivity contribution >= 4 is 26.7 Å². The summed E-state index contributed by atoms with van der Waals surface area (Å²) in [6, 6.07) is 5.37. The Kier molecular flexibility index (Phi) is 4.00. The summed E-state index contributed by atoms with van der Waals surface area (Å²) in [5, 5.41) is 4.99. The Morgan fingerprint density at radius 2 is 1.96 bits per heavy atom. The zero-order chi connectivity index (χ0) is 17.5. The summed E-state index contributed by atoms with van der Waals surface area (Å²) in [4.78, 5) is 4.32. The van der Waals surface area contributed by atoms with Crippen LogP contribution in [0.15, 0.2) is 41.6 Å². The van der Waals surface area contributed by atoms with Crippen LogP contribution in [0.2, 0.25) is 0 Å². The van der Waals surface area contributed by atoms with Gasteiger partial charge in [0, 0.05) is 11.4 Å². The molecule has 0 spiro atoms. The first-order valence-electron chi connectivity index (χ1n) is 7.40. The first-order chi connectivity index (χ1) is 11.3. The molecule has 0 saturated carbocycles. The lowest BCUT2D eigenvalue weighted by Gasteiger charge is -2.11. The summed E-state index contributed by atoms with van der Waals surface area (Å²) < 4.78 is 42.4. The monoisotopic (exact) mass is 348 g/mol. The standard InChI is InChI=1S/C16H17FN4O2S/c1-10(2)21-16-12(8-19-21)7-14(9-18-16)20-24(22,23)15-5-4-13(17)6-11(15)3/h4-10,20H,1-3H3. The molecule has 0 unspecified atom stereocenters. The molecule has 2 aromatic heterocycles. The number of aromatic nitrogens is 3. The fourth-order valence-corrected chi connectivity index (χ4v) is 3.76. The molecule has 24 heavy (non-hydrogen) atoms. The van der Waals surface area contributed by atoms with Gasteiger partial charge in [0.1, 0.15) is 5.82 Å².